The number of anilines is 1. The topological polar surface area (TPSA) is 76.2 Å². The zero-order valence-corrected chi connectivity index (χ0v) is 20.5. The summed E-state index contributed by atoms with van der Waals surface area (Å²) in [4.78, 5) is 18.8. The van der Waals surface area contributed by atoms with E-state index in [9.17, 15) is 0 Å². The van der Waals surface area contributed by atoms with Gasteiger partial charge in [0.25, 0.3) is 0 Å². The highest BCUT2D eigenvalue weighted by molar-refractivity contribution is 6.32. The molecule has 7 heteroatoms. The van der Waals surface area contributed by atoms with Crippen molar-refractivity contribution in [1.29, 1.82) is 0 Å². The van der Waals surface area contributed by atoms with Crippen LogP contribution in [0, 0.1) is 24.7 Å². The Hall–Kier alpha value is -2.47. The molecule has 1 fully saturated rings. The van der Waals surface area contributed by atoms with Gasteiger partial charge in [-0.2, -0.15) is 4.98 Å². The van der Waals surface area contributed by atoms with E-state index < -0.39 is 0 Å². The van der Waals surface area contributed by atoms with Crippen molar-refractivity contribution in [2.75, 3.05) is 12.4 Å². The number of hydrogen-bond donors (Lipinski definition) is 1. The minimum atomic E-state index is 0.327. The highest BCUT2D eigenvalue weighted by Crippen LogP contribution is 2.42. The Morgan fingerprint density at radius 1 is 1.19 bits per heavy atom. The summed E-state index contributed by atoms with van der Waals surface area (Å²) < 4.78 is 6.25. The Kier molecular flexibility index (Phi) is 6.52. The molecule has 0 saturated heterocycles. The van der Waals surface area contributed by atoms with E-state index >= 15 is 0 Å². The predicted octanol–water partition coefficient (Wildman–Crippen LogP) is 7.02. The van der Waals surface area contributed by atoms with Crippen molar-refractivity contribution in [3.8, 4) is 11.3 Å². The Balaban J connectivity index is 1.86. The fourth-order valence-electron chi connectivity index (χ4n) is 4.76. The quantitative estimate of drug-likeness (QED) is 0.406. The van der Waals surface area contributed by atoms with Gasteiger partial charge < -0.3 is 9.73 Å². The normalized spacial score (nSPS) is 22.2. The third-order valence-corrected chi connectivity index (χ3v) is 7.12. The van der Waals surface area contributed by atoms with Crippen LogP contribution in [0.3, 0.4) is 0 Å². The summed E-state index contributed by atoms with van der Waals surface area (Å²) in [6.45, 7) is 11.0. The van der Waals surface area contributed by atoms with Crippen LogP contribution in [0.25, 0.3) is 22.3 Å². The molecule has 0 spiro atoms. The minimum absolute atomic E-state index is 0.327. The number of aliphatic imine (C=N–C) groups is 1. The lowest BCUT2D eigenvalue weighted by Crippen LogP contribution is -2.10. The number of nitrogens with zero attached hydrogens (tertiary/aromatic N) is 4. The van der Waals surface area contributed by atoms with Gasteiger partial charge in [0.2, 0.25) is 5.95 Å². The molecule has 1 N–H and O–H groups in total. The first-order chi connectivity index (χ1) is 15.4. The van der Waals surface area contributed by atoms with E-state index in [-0.39, 0.29) is 0 Å². The van der Waals surface area contributed by atoms with Crippen molar-refractivity contribution >= 4 is 40.0 Å². The van der Waals surface area contributed by atoms with E-state index in [1.165, 1.54) is 5.71 Å². The van der Waals surface area contributed by atoms with E-state index in [1.54, 1.807) is 7.05 Å². The zero-order valence-electron chi connectivity index (χ0n) is 19.8. The van der Waals surface area contributed by atoms with Gasteiger partial charge in [-0.05, 0) is 49.7 Å². The maximum atomic E-state index is 6.67. The third-order valence-electron chi connectivity index (χ3n) is 6.85. The number of nitrogens with one attached hydrogen (secondary N) is 1. The van der Waals surface area contributed by atoms with Gasteiger partial charge in [0, 0.05) is 23.8 Å². The largest absolute Gasteiger partial charge is 0.454 e. The number of furan rings is 1. The molecule has 0 amide bonds. The van der Waals surface area contributed by atoms with Crippen LogP contribution in [0.4, 0.5) is 11.8 Å². The second-order valence-electron chi connectivity index (χ2n) is 8.89. The second-order valence-corrected chi connectivity index (χ2v) is 9.25. The van der Waals surface area contributed by atoms with Crippen LogP contribution in [0.1, 0.15) is 58.3 Å². The SMILES string of the molecule is CCCc1cc2cc(-c3c(Cl)nc(NC)nc3N=C3CC(CC)C(C)C3C)oc2c(C)n1. The van der Waals surface area contributed by atoms with Crippen molar-refractivity contribution < 1.29 is 4.42 Å². The molecule has 0 bridgehead atoms. The molecule has 3 atom stereocenters. The highest BCUT2D eigenvalue weighted by Gasteiger charge is 2.34. The molecule has 4 rings (SSSR count). The zero-order chi connectivity index (χ0) is 23.0. The molecule has 3 aromatic rings. The lowest BCUT2D eigenvalue weighted by atomic mass is 9.91. The first kappa shape index (κ1) is 22.7. The molecule has 1 saturated carbocycles. The highest BCUT2D eigenvalue weighted by atomic mass is 35.5. The molecular weight excluding hydrogens is 422 g/mol. The van der Waals surface area contributed by atoms with Crippen LogP contribution in [-0.4, -0.2) is 27.7 Å². The van der Waals surface area contributed by atoms with E-state index in [2.05, 4.69) is 49.0 Å². The molecular formula is C25H32ClN5O. The van der Waals surface area contributed by atoms with Crippen LogP contribution >= 0.6 is 11.6 Å². The Morgan fingerprint density at radius 3 is 2.62 bits per heavy atom. The second kappa shape index (κ2) is 9.18. The van der Waals surface area contributed by atoms with Gasteiger partial charge in [-0.15, -0.1) is 0 Å². The van der Waals surface area contributed by atoms with Gasteiger partial charge in [-0.25, -0.2) is 9.98 Å². The van der Waals surface area contributed by atoms with Crippen LogP contribution < -0.4 is 5.32 Å². The standard InChI is InChI=1S/C25H32ClN5O/c1-7-9-18-10-17-12-20(32-22(17)15(5)28-18)21-23(26)30-25(27-6)31-24(21)29-19-11-16(8-2)13(3)14(19)4/h10,12-14,16H,7-9,11H2,1-6H3,(H,27,30,31). The van der Waals surface area contributed by atoms with Gasteiger partial charge in [0.15, 0.2) is 11.4 Å². The van der Waals surface area contributed by atoms with Gasteiger partial charge >= 0.3 is 0 Å². The fourth-order valence-corrected chi connectivity index (χ4v) is 5.02. The molecule has 3 heterocycles. The van der Waals surface area contributed by atoms with Crippen molar-refractivity contribution in [3.63, 3.8) is 0 Å². The van der Waals surface area contributed by atoms with Crippen LogP contribution in [0.2, 0.25) is 5.15 Å². The first-order valence-electron chi connectivity index (χ1n) is 11.6. The summed E-state index contributed by atoms with van der Waals surface area (Å²) in [5.74, 6) is 3.27. The molecule has 1 aliphatic rings. The lowest BCUT2D eigenvalue weighted by Gasteiger charge is -2.14. The lowest BCUT2D eigenvalue weighted by molar-refractivity contribution is 0.357. The van der Waals surface area contributed by atoms with Crippen LogP contribution in [-0.2, 0) is 6.42 Å². The molecule has 32 heavy (non-hydrogen) atoms. The van der Waals surface area contributed by atoms with Crippen LogP contribution in [0.15, 0.2) is 21.5 Å². The number of aryl methyl sites for hydroxylation is 2. The van der Waals surface area contributed by atoms with Gasteiger partial charge in [0.1, 0.15) is 10.9 Å². The third kappa shape index (κ3) is 4.13. The molecule has 3 unspecified atom stereocenters. The van der Waals surface area contributed by atoms with Crippen molar-refractivity contribution in [2.45, 2.75) is 60.3 Å². The van der Waals surface area contributed by atoms with E-state index in [0.717, 1.165) is 48.0 Å². The molecule has 3 aromatic heterocycles. The average Bonchev–Trinajstić information content (AvgIpc) is 3.30. The number of fused-ring (bicyclic) bond motifs is 1. The van der Waals surface area contributed by atoms with Gasteiger partial charge in [-0.1, -0.05) is 52.1 Å². The predicted molar refractivity (Wildman–Crippen MR) is 132 cm³/mol. The average molecular weight is 454 g/mol. The van der Waals surface area contributed by atoms with E-state index in [1.807, 2.05) is 13.0 Å². The monoisotopic (exact) mass is 453 g/mol. The molecule has 170 valence electrons. The molecule has 0 aliphatic heterocycles. The summed E-state index contributed by atoms with van der Waals surface area (Å²) in [6.07, 6.45) is 4.12. The minimum Gasteiger partial charge on any atom is -0.454 e. The molecule has 0 radical (unpaired) electrons. The maximum Gasteiger partial charge on any atom is 0.225 e. The first-order valence-corrected chi connectivity index (χ1v) is 12.0. The number of hydrogen-bond acceptors (Lipinski definition) is 6. The summed E-state index contributed by atoms with van der Waals surface area (Å²) in [5.41, 5.74) is 4.50. The fraction of sp³-hybridized carbons (Fsp3) is 0.520. The van der Waals surface area contributed by atoms with Crippen LogP contribution in [0.5, 0.6) is 0 Å². The maximum absolute atomic E-state index is 6.67. The molecule has 0 aromatic carbocycles. The van der Waals surface area contributed by atoms with Gasteiger partial charge in [-0.3, -0.25) is 4.98 Å². The Bertz CT molecular complexity index is 1170. The Labute approximate surface area is 194 Å². The van der Waals surface area contributed by atoms with Gasteiger partial charge in [0.05, 0.1) is 11.3 Å². The number of rotatable bonds is 6. The summed E-state index contributed by atoms with van der Waals surface area (Å²) in [5, 5.41) is 4.33. The Morgan fingerprint density at radius 2 is 1.97 bits per heavy atom. The summed E-state index contributed by atoms with van der Waals surface area (Å²) in [6, 6.07) is 4.10. The number of halogens is 1. The van der Waals surface area contributed by atoms with Crippen molar-refractivity contribution in [3.05, 3.63) is 28.7 Å². The summed E-state index contributed by atoms with van der Waals surface area (Å²) >= 11 is 6.67. The molecule has 1 aliphatic carbocycles. The van der Waals surface area contributed by atoms with E-state index in [0.29, 0.717) is 46.0 Å². The van der Waals surface area contributed by atoms with Crippen molar-refractivity contribution in [2.24, 2.45) is 22.7 Å². The smallest absolute Gasteiger partial charge is 0.225 e. The molecule has 6 nitrogen and oxygen atoms in total. The van der Waals surface area contributed by atoms with Crippen molar-refractivity contribution in [1.82, 2.24) is 15.0 Å². The number of pyridine rings is 1. The summed E-state index contributed by atoms with van der Waals surface area (Å²) in [7, 11) is 1.78. The number of aromatic nitrogens is 3. The van der Waals surface area contributed by atoms with E-state index in [4.69, 9.17) is 26.0 Å².